The van der Waals surface area contributed by atoms with Crippen LogP contribution in [0.4, 0.5) is 0 Å². The summed E-state index contributed by atoms with van der Waals surface area (Å²) in [4.78, 5) is 12.9. The molecule has 0 radical (unpaired) electrons. The first-order valence-corrected chi connectivity index (χ1v) is 10.1. The van der Waals surface area contributed by atoms with Crippen LogP contribution in [-0.2, 0) is 26.7 Å². The van der Waals surface area contributed by atoms with Gasteiger partial charge in [-0.1, -0.05) is 48.3 Å². The van der Waals surface area contributed by atoms with Crippen LogP contribution in [0.3, 0.4) is 0 Å². The molecule has 1 atom stereocenters. The van der Waals surface area contributed by atoms with Crippen LogP contribution in [0.15, 0.2) is 47.4 Å². The Kier molecular flexibility index (Phi) is 4.84. The zero-order chi connectivity index (χ0) is 18.2. The molecule has 0 aliphatic heterocycles. The molecule has 2 aromatic carbocycles. The molecule has 3 rings (SSSR count). The molecule has 2 aromatic rings. The number of carbonyl (C=O) groups is 1. The van der Waals surface area contributed by atoms with Gasteiger partial charge in [-0.05, 0) is 54.7 Å². The summed E-state index contributed by atoms with van der Waals surface area (Å²) in [6, 6.07) is 11.2. The van der Waals surface area contributed by atoms with E-state index in [4.69, 9.17) is 23.2 Å². The van der Waals surface area contributed by atoms with Crippen molar-refractivity contribution in [1.29, 1.82) is 0 Å². The number of sulfonamides is 1. The highest BCUT2D eigenvalue weighted by atomic mass is 35.5. The molecule has 0 heterocycles. The Labute approximate surface area is 157 Å². The number of fused-ring (bicyclic) bond motifs is 1. The van der Waals surface area contributed by atoms with E-state index in [9.17, 15) is 13.2 Å². The number of benzene rings is 2. The number of rotatable bonds is 4. The van der Waals surface area contributed by atoms with E-state index in [0.717, 1.165) is 11.1 Å². The number of halogens is 2. The first kappa shape index (κ1) is 18.2. The van der Waals surface area contributed by atoms with Gasteiger partial charge in [-0.2, -0.15) is 0 Å². The summed E-state index contributed by atoms with van der Waals surface area (Å²) < 4.78 is 27.4. The van der Waals surface area contributed by atoms with Crippen molar-refractivity contribution in [2.45, 2.75) is 36.5 Å². The Hall–Kier alpha value is -1.56. The minimum Gasteiger partial charge on any atom is -0.273 e. The topological polar surface area (TPSA) is 63.2 Å². The zero-order valence-electron chi connectivity index (χ0n) is 13.6. The second-order valence-electron chi connectivity index (χ2n) is 6.09. The smallest absolute Gasteiger partial charge is 0.264 e. The molecule has 132 valence electrons. The van der Waals surface area contributed by atoms with E-state index in [-0.39, 0.29) is 4.90 Å². The third kappa shape index (κ3) is 3.16. The van der Waals surface area contributed by atoms with Crippen molar-refractivity contribution in [3.8, 4) is 0 Å². The molecule has 1 aliphatic rings. The number of hydrogen-bond donors (Lipinski definition) is 1. The van der Waals surface area contributed by atoms with E-state index in [0.29, 0.717) is 29.3 Å². The summed E-state index contributed by atoms with van der Waals surface area (Å²) in [6.45, 7) is 1.88. The van der Waals surface area contributed by atoms with E-state index >= 15 is 0 Å². The monoisotopic (exact) mass is 397 g/mol. The standard InChI is InChI=1S/C18H17Cl2NO3S/c1-2-18(10-9-14-15(18)7-4-8-16(14)20)17(22)21-25(23,24)13-6-3-5-12(19)11-13/h3-8,11H,2,9-10H2,1H3,(H,21,22). The van der Waals surface area contributed by atoms with E-state index < -0.39 is 21.3 Å². The highest BCUT2D eigenvalue weighted by molar-refractivity contribution is 7.90. The zero-order valence-corrected chi connectivity index (χ0v) is 15.9. The number of hydrogen-bond acceptors (Lipinski definition) is 3. The molecule has 0 bridgehead atoms. The van der Waals surface area contributed by atoms with Crippen LogP contribution in [0.2, 0.25) is 10.0 Å². The molecule has 1 aliphatic carbocycles. The van der Waals surface area contributed by atoms with Crippen molar-refractivity contribution < 1.29 is 13.2 Å². The maximum absolute atomic E-state index is 13.0. The third-order valence-corrected chi connectivity index (χ3v) is 6.73. The normalized spacial score (nSPS) is 19.5. The highest BCUT2D eigenvalue weighted by Crippen LogP contribution is 2.44. The first-order chi connectivity index (χ1) is 11.8. The second-order valence-corrected chi connectivity index (χ2v) is 8.62. The molecule has 4 nitrogen and oxygen atoms in total. The summed E-state index contributed by atoms with van der Waals surface area (Å²) in [6.07, 6.45) is 1.66. The molecule has 0 fully saturated rings. The molecule has 1 amide bonds. The number of amides is 1. The lowest BCUT2D eigenvalue weighted by Crippen LogP contribution is -2.45. The Bertz CT molecular complexity index is 943. The lowest BCUT2D eigenvalue weighted by atomic mass is 9.79. The van der Waals surface area contributed by atoms with Crippen LogP contribution in [-0.4, -0.2) is 14.3 Å². The fraction of sp³-hybridized carbons (Fsp3) is 0.278. The van der Waals surface area contributed by atoms with Crippen LogP contribution >= 0.6 is 23.2 Å². The second kappa shape index (κ2) is 6.63. The fourth-order valence-electron chi connectivity index (χ4n) is 3.41. The molecule has 0 saturated heterocycles. The van der Waals surface area contributed by atoms with Gasteiger partial charge in [0.05, 0.1) is 10.3 Å². The Morgan fingerprint density at radius 2 is 1.92 bits per heavy atom. The molecule has 0 aromatic heterocycles. The molecule has 1 N–H and O–H groups in total. The lowest BCUT2D eigenvalue weighted by Gasteiger charge is -2.27. The largest absolute Gasteiger partial charge is 0.273 e. The van der Waals surface area contributed by atoms with Crippen molar-refractivity contribution in [2.75, 3.05) is 0 Å². The molecule has 7 heteroatoms. The Balaban J connectivity index is 1.97. The SMILES string of the molecule is CCC1(C(=O)NS(=O)(=O)c2cccc(Cl)c2)CCc2c(Cl)cccc21. The minimum absolute atomic E-state index is 0.0380. The van der Waals surface area contributed by atoms with Gasteiger partial charge in [0.1, 0.15) is 0 Å². The van der Waals surface area contributed by atoms with Gasteiger partial charge in [-0.25, -0.2) is 13.1 Å². The average Bonchev–Trinajstić information content (AvgIpc) is 2.96. The lowest BCUT2D eigenvalue weighted by molar-refractivity contribution is -0.125. The van der Waals surface area contributed by atoms with Crippen LogP contribution < -0.4 is 4.72 Å². The number of carbonyl (C=O) groups excluding carboxylic acids is 1. The summed E-state index contributed by atoms with van der Waals surface area (Å²) in [5.74, 6) is -0.531. The predicted molar refractivity (Wildman–Crippen MR) is 98.5 cm³/mol. The highest BCUT2D eigenvalue weighted by Gasteiger charge is 2.45. The van der Waals surface area contributed by atoms with Crippen LogP contribution in [0.5, 0.6) is 0 Å². The Morgan fingerprint density at radius 3 is 2.60 bits per heavy atom. The van der Waals surface area contributed by atoms with Crippen LogP contribution in [0, 0.1) is 0 Å². The van der Waals surface area contributed by atoms with Gasteiger partial charge in [0.25, 0.3) is 10.0 Å². The van der Waals surface area contributed by atoms with E-state index in [1.807, 2.05) is 13.0 Å². The van der Waals surface area contributed by atoms with Gasteiger partial charge < -0.3 is 0 Å². The van der Waals surface area contributed by atoms with E-state index in [2.05, 4.69) is 4.72 Å². The van der Waals surface area contributed by atoms with Crippen molar-refractivity contribution in [1.82, 2.24) is 4.72 Å². The fourth-order valence-corrected chi connectivity index (χ4v) is 5.03. The van der Waals surface area contributed by atoms with Gasteiger partial charge in [-0.15, -0.1) is 0 Å². The minimum atomic E-state index is -4.00. The van der Waals surface area contributed by atoms with Gasteiger partial charge in [0.15, 0.2) is 0 Å². The molecular weight excluding hydrogens is 381 g/mol. The Morgan fingerprint density at radius 1 is 1.20 bits per heavy atom. The van der Waals surface area contributed by atoms with Crippen molar-refractivity contribution in [2.24, 2.45) is 0 Å². The van der Waals surface area contributed by atoms with E-state index in [1.54, 1.807) is 18.2 Å². The number of nitrogens with one attached hydrogen (secondary N) is 1. The van der Waals surface area contributed by atoms with Gasteiger partial charge in [0, 0.05) is 10.0 Å². The summed E-state index contributed by atoms with van der Waals surface area (Å²) in [5, 5.41) is 0.900. The molecular formula is C18H17Cl2NO3S. The quantitative estimate of drug-likeness (QED) is 0.844. The van der Waals surface area contributed by atoms with Crippen LogP contribution in [0.25, 0.3) is 0 Å². The average molecular weight is 398 g/mol. The van der Waals surface area contributed by atoms with Gasteiger partial charge in [0.2, 0.25) is 5.91 Å². The molecule has 0 saturated carbocycles. The van der Waals surface area contributed by atoms with E-state index in [1.165, 1.54) is 18.2 Å². The van der Waals surface area contributed by atoms with Gasteiger partial charge in [-0.3, -0.25) is 4.79 Å². The summed E-state index contributed by atoms with van der Waals surface area (Å²) in [7, 11) is -4.00. The third-order valence-electron chi connectivity index (χ3n) is 4.81. The molecule has 1 unspecified atom stereocenters. The molecule has 25 heavy (non-hydrogen) atoms. The van der Waals surface area contributed by atoms with Gasteiger partial charge >= 0.3 is 0 Å². The maximum atomic E-state index is 13.0. The first-order valence-electron chi connectivity index (χ1n) is 7.91. The molecule has 0 spiro atoms. The summed E-state index contributed by atoms with van der Waals surface area (Å²) >= 11 is 12.1. The van der Waals surface area contributed by atoms with Crippen molar-refractivity contribution in [3.63, 3.8) is 0 Å². The van der Waals surface area contributed by atoms with Crippen LogP contribution in [0.1, 0.15) is 30.9 Å². The summed E-state index contributed by atoms with van der Waals surface area (Å²) in [5.41, 5.74) is 0.828. The predicted octanol–water partition coefficient (Wildman–Crippen LogP) is 4.09. The maximum Gasteiger partial charge on any atom is 0.264 e. The van der Waals surface area contributed by atoms with Crippen molar-refractivity contribution >= 4 is 39.1 Å². The van der Waals surface area contributed by atoms with Crippen molar-refractivity contribution in [3.05, 3.63) is 63.6 Å².